The van der Waals surface area contributed by atoms with Gasteiger partial charge < -0.3 is 9.80 Å². The lowest BCUT2D eigenvalue weighted by Gasteiger charge is -2.37. The van der Waals surface area contributed by atoms with E-state index in [9.17, 15) is 0 Å². The maximum Gasteiger partial charge on any atom is 0.154 e. The quantitative estimate of drug-likeness (QED) is 0.696. The van der Waals surface area contributed by atoms with Gasteiger partial charge in [-0.1, -0.05) is 0 Å². The number of anilines is 2. The molecule has 0 saturated carbocycles. The molecule has 3 aromatic heterocycles. The van der Waals surface area contributed by atoms with E-state index in [0.717, 1.165) is 67.7 Å². The predicted octanol–water partition coefficient (Wildman–Crippen LogP) is 2.34. The van der Waals surface area contributed by atoms with Crippen molar-refractivity contribution in [1.29, 1.82) is 0 Å². The zero-order valence-corrected chi connectivity index (χ0v) is 16.0. The number of piperazine rings is 1. The number of hydrogen-bond acceptors (Lipinski definition) is 6. The average Bonchev–Trinajstić information content (AvgIpc) is 3.01. The van der Waals surface area contributed by atoms with Crippen LogP contribution in [0.1, 0.15) is 35.5 Å². The minimum atomic E-state index is 0.917. The average molecular weight is 363 g/mol. The molecule has 0 unspecified atom stereocenters. The first-order valence-electron chi connectivity index (χ1n) is 9.86. The largest absolute Gasteiger partial charge is 0.353 e. The van der Waals surface area contributed by atoms with Crippen molar-refractivity contribution in [2.75, 3.05) is 36.0 Å². The number of aromatic nitrogens is 5. The number of nitrogens with zero attached hydrogens (tertiary/aromatic N) is 7. The molecule has 0 spiro atoms. The van der Waals surface area contributed by atoms with Crippen LogP contribution in [-0.4, -0.2) is 50.7 Å². The predicted molar refractivity (Wildman–Crippen MR) is 106 cm³/mol. The summed E-state index contributed by atoms with van der Waals surface area (Å²) in [5.74, 6) is 2.18. The van der Waals surface area contributed by atoms with Crippen LogP contribution in [0.4, 0.5) is 11.6 Å². The molecular weight excluding hydrogens is 338 g/mol. The molecule has 0 aromatic carbocycles. The summed E-state index contributed by atoms with van der Waals surface area (Å²) in [6.45, 7) is 7.93. The monoisotopic (exact) mass is 363 g/mol. The Balaban J connectivity index is 1.36. The first-order valence-corrected chi connectivity index (χ1v) is 9.86. The van der Waals surface area contributed by atoms with E-state index in [1.807, 2.05) is 11.4 Å². The number of rotatable bonds is 2. The van der Waals surface area contributed by atoms with Crippen LogP contribution in [0.25, 0.3) is 5.65 Å². The van der Waals surface area contributed by atoms with Gasteiger partial charge in [-0.25, -0.2) is 19.5 Å². The van der Waals surface area contributed by atoms with Gasteiger partial charge in [-0.05, 0) is 51.7 Å². The molecule has 1 aliphatic heterocycles. The van der Waals surface area contributed by atoms with Gasteiger partial charge in [0.25, 0.3) is 0 Å². The minimum absolute atomic E-state index is 0.917. The minimum Gasteiger partial charge on any atom is -0.353 e. The highest BCUT2D eigenvalue weighted by atomic mass is 15.4. The Morgan fingerprint density at radius 2 is 1.67 bits per heavy atom. The highest BCUT2D eigenvalue weighted by molar-refractivity contribution is 5.53. The lowest BCUT2D eigenvalue weighted by Crippen LogP contribution is -2.47. The third-order valence-corrected chi connectivity index (χ3v) is 5.93. The second kappa shape index (κ2) is 6.48. The van der Waals surface area contributed by atoms with Gasteiger partial charge in [0.2, 0.25) is 0 Å². The van der Waals surface area contributed by atoms with Crippen molar-refractivity contribution in [1.82, 2.24) is 24.6 Å². The molecule has 1 fully saturated rings. The Labute approximate surface area is 159 Å². The summed E-state index contributed by atoms with van der Waals surface area (Å²) in [5.41, 5.74) is 5.70. The van der Waals surface area contributed by atoms with Crippen LogP contribution in [0.5, 0.6) is 0 Å². The van der Waals surface area contributed by atoms with Crippen molar-refractivity contribution in [3.63, 3.8) is 0 Å². The summed E-state index contributed by atoms with van der Waals surface area (Å²) in [7, 11) is 0. The zero-order chi connectivity index (χ0) is 18.4. The smallest absolute Gasteiger partial charge is 0.154 e. The van der Waals surface area contributed by atoms with E-state index in [4.69, 9.17) is 5.10 Å². The van der Waals surface area contributed by atoms with Gasteiger partial charge in [-0.15, -0.1) is 5.10 Å². The topological polar surface area (TPSA) is 62.5 Å². The molecule has 0 atom stereocenters. The summed E-state index contributed by atoms with van der Waals surface area (Å²) in [6, 6.07) is 4.15. The molecule has 27 heavy (non-hydrogen) atoms. The van der Waals surface area contributed by atoms with E-state index in [-0.39, 0.29) is 0 Å². The van der Waals surface area contributed by atoms with Crippen molar-refractivity contribution >= 4 is 17.3 Å². The maximum absolute atomic E-state index is 4.82. The molecule has 0 radical (unpaired) electrons. The van der Waals surface area contributed by atoms with Crippen molar-refractivity contribution in [2.45, 2.75) is 39.5 Å². The van der Waals surface area contributed by atoms with Gasteiger partial charge in [-0.2, -0.15) is 0 Å². The molecule has 140 valence electrons. The fourth-order valence-corrected chi connectivity index (χ4v) is 4.24. The van der Waals surface area contributed by atoms with Crippen molar-refractivity contribution < 1.29 is 0 Å². The highest BCUT2D eigenvalue weighted by Crippen LogP contribution is 2.28. The number of hydrogen-bond donors (Lipinski definition) is 0. The summed E-state index contributed by atoms with van der Waals surface area (Å²) in [4.78, 5) is 18.5. The summed E-state index contributed by atoms with van der Waals surface area (Å²) >= 11 is 0. The van der Waals surface area contributed by atoms with E-state index in [1.165, 1.54) is 24.1 Å². The Kier molecular flexibility index (Phi) is 3.95. The lowest BCUT2D eigenvalue weighted by atomic mass is 9.96. The lowest BCUT2D eigenvalue weighted by molar-refractivity contribution is 0.616. The van der Waals surface area contributed by atoms with Gasteiger partial charge in [0.1, 0.15) is 18.0 Å². The molecule has 5 rings (SSSR count). The molecule has 2 aliphatic rings. The number of fused-ring (bicyclic) bond motifs is 2. The fourth-order valence-electron chi connectivity index (χ4n) is 4.24. The fraction of sp³-hybridized carbons (Fsp3) is 0.500. The third-order valence-electron chi connectivity index (χ3n) is 5.93. The highest BCUT2D eigenvalue weighted by Gasteiger charge is 2.24. The van der Waals surface area contributed by atoms with Crippen LogP contribution in [0.15, 0.2) is 18.5 Å². The molecule has 7 heteroatoms. The third kappa shape index (κ3) is 2.81. The Morgan fingerprint density at radius 3 is 2.52 bits per heavy atom. The van der Waals surface area contributed by atoms with E-state index in [2.05, 4.69) is 43.8 Å². The van der Waals surface area contributed by atoms with Crippen LogP contribution in [0.3, 0.4) is 0 Å². The maximum atomic E-state index is 4.82. The number of imidazole rings is 1. The van der Waals surface area contributed by atoms with Crippen LogP contribution in [0, 0.1) is 13.8 Å². The van der Waals surface area contributed by atoms with Crippen LogP contribution < -0.4 is 9.80 Å². The van der Waals surface area contributed by atoms with E-state index in [0.29, 0.717) is 0 Å². The molecule has 7 nitrogen and oxygen atoms in total. The van der Waals surface area contributed by atoms with Gasteiger partial charge in [0.05, 0.1) is 11.4 Å². The molecule has 0 N–H and O–H groups in total. The molecule has 0 amide bonds. The van der Waals surface area contributed by atoms with Crippen LogP contribution in [-0.2, 0) is 12.8 Å². The van der Waals surface area contributed by atoms with Crippen molar-refractivity contribution in [3.05, 3.63) is 41.1 Å². The van der Waals surface area contributed by atoms with E-state index in [1.54, 1.807) is 6.33 Å². The molecule has 4 heterocycles. The van der Waals surface area contributed by atoms with E-state index >= 15 is 0 Å². The van der Waals surface area contributed by atoms with Crippen molar-refractivity contribution in [3.8, 4) is 0 Å². The molecule has 3 aromatic rings. The van der Waals surface area contributed by atoms with Crippen molar-refractivity contribution in [2.24, 2.45) is 0 Å². The first kappa shape index (κ1) is 16.5. The van der Waals surface area contributed by atoms with E-state index < -0.39 is 0 Å². The van der Waals surface area contributed by atoms with Crippen LogP contribution in [0.2, 0.25) is 0 Å². The summed E-state index contributed by atoms with van der Waals surface area (Å²) in [6.07, 6.45) is 6.45. The summed E-state index contributed by atoms with van der Waals surface area (Å²) < 4.78 is 1.96. The molecular formula is C20H25N7. The molecule has 1 aliphatic carbocycles. The summed E-state index contributed by atoms with van der Waals surface area (Å²) in [5, 5.41) is 4.82. The molecule has 0 bridgehead atoms. The second-order valence-corrected chi connectivity index (χ2v) is 7.55. The Hall–Kier alpha value is -2.70. The Bertz CT molecular complexity index is 985. The van der Waals surface area contributed by atoms with Crippen LogP contribution >= 0.6 is 0 Å². The standard InChI is InChI=1S/C20H25N7/c1-14-15(2)27-18(23-14)7-8-19(24-27)25-9-11-26(12-10-25)20-16-5-3-4-6-17(16)21-13-22-20/h7-8,13H,3-6,9-12H2,1-2H3. The second-order valence-electron chi connectivity index (χ2n) is 7.55. The SMILES string of the molecule is Cc1nc2ccc(N3CCN(c4ncnc5c4CCCC5)CC3)nn2c1C. The van der Waals surface area contributed by atoms with Gasteiger partial charge in [0, 0.05) is 37.4 Å². The van der Waals surface area contributed by atoms with Gasteiger partial charge in [0.15, 0.2) is 5.65 Å². The van der Waals surface area contributed by atoms with Gasteiger partial charge in [-0.3, -0.25) is 0 Å². The zero-order valence-electron chi connectivity index (χ0n) is 16.0. The number of aryl methyl sites for hydroxylation is 3. The molecule has 1 saturated heterocycles. The van der Waals surface area contributed by atoms with Gasteiger partial charge >= 0.3 is 0 Å². The normalized spacial score (nSPS) is 17.4. The first-order chi connectivity index (χ1) is 13.2. The Morgan fingerprint density at radius 1 is 0.889 bits per heavy atom.